The van der Waals surface area contributed by atoms with Crippen LogP contribution in [0.25, 0.3) is 33.3 Å². The first kappa shape index (κ1) is 29.2. The smallest absolute Gasteiger partial charge is 0.306 e. The Balaban J connectivity index is 1.10. The number of hydrogen-bond acceptors (Lipinski definition) is 6. The van der Waals surface area contributed by atoms with E-state index in [0.29, 0.717) is 44.5 Å². The van der Waals surface area contributed by atoms with Crippen molar-refractivity contribution in [3.8, 4) is 28.3 Å². The fraction of sp³-hybridized carbons (Fsp3) is 0.394. The molecule has 4 aromatic rings. The van der Waals surface area contributed by atoms with Gasteiger partial charge in [0.25, 0.3) is 6.01 Å². The lowest BCUT2D eigenvalue weighted by atomic mass is 9.87. The van der Waals surface area contributed by atoms with Crippen LogP contribution in [0.4, 0.5) is 8.78 Å². The third kappa shape index (κ3) is 6.56. The number of nitrogens with one attached hydrogen (secondary N) is 1. The zero-order valence-corrected chi connectivity index (χ0v) is 24.0. The molecule has 0 amide bonds. The molecule has 226 valence electrons. The average Bonchev–Trinajstić information content (AvgIpc) is 3.39. The molecule has 43 heavy (non-hydrogen) atoms. The Morgan fingerprint density at radius 2 is 1.60 bits per heavy atom. The molecule has 2 fully saturated rings. The minimum atomic E-state index is -0.796. The third-order valence-corrected chi connectivity index (χ3v) is 8.38. The number of aromatic nitrogens is 2. The Hall–Kier alpha value is -3.86. The lowest BCUT2D eigenvalue weighted by Gasteiger charge is -2.38. The number of fused-ring (bicyclic) bond motifs is 1. The highest BCUT2D eigenvalue weighted by Gasteiger charge is 2.29. The van der Waals surface area contributed by atoms with Gasteiger partial charge in [-0.1, -0.05) is 48.5 Å². The van der Waals surface area contributed by atoms with Crippen molar-refractivity contribution in [2.45, 2.75) is 44.4 Å². The van der Waals surface area contributed by atoms with Crippen LogP contribution < -0.4 is 4.74 Å². The van der Waals surface area contributed by atoms with E-state index < -0.39 is 17.6 Å². The van der Waals surface area contributed by atoms with Crippen LogP contribution in [-0.2, 0) is 20.8 Å². The van der Waals surface area contributed by atoms with Crippen molar-refractivity contribution in [1.82, 2.24) is 14.9 Å². The van der Waals surface area contributed by atoms with E-state index >= 15 is 8.78 Å². The normalized spacial score (nSPS) is 19.4. The number of methoxy groups -OCH3 is 1. The van der Waals surface area contributed by atoms with Gasteiger partial charge in [-0.05, 0) is 47.9 Å². The largest absolute Gasteiger partial charge is 0.481 e. The number of carboxylic acids is 1. The molecule has 6 rings (SSSR count). The minimum absolute atomic E-state index is 0.000323. The summed E-state index contributed by atoms with van der Waals surface area (Å²) in [4.78, 5) is 20.7. The van der Waals surface area contributed by atoms with Crippen molar-refractivity contribution < 1.29 is 32.9 Å². The second-order valence-corrected chi connectivity index (χ2v) is 11.4. The maximum absolute atomic E-state index is 15.6. The van der Waals surface area contributed by atoms with Gasteiger partial charge in [0.05, 0.1) is 36.3 Å². The van der Waals surface area contributed by atoms with E-state index in [1.807, 2.05) is 12.1 Å². The van der Waals surface area contributed by atoms with Gasteiger partial charge in [0, 0.05) is 32.8 Å². The topological polar surface area (TPSA) is 96.9 Å². The number of rotatable bonds is 11. The first-order chi connectivity index (χ1) is 20.9. The number of likely N-dealkylation sites (tertiary alicyclic amines) is 1. The number of hydrogen-bond donors (Lipinski definition) is 2. The first-order valence-electron chi connectivity index (χ1n) is 14.7. The standard InChI is InChI=1S/C33H35F2N3O5/c1-41-14-15-42-26-18-38(19-26)17-20-2-4-21(5-3-20)22-6-8-23(9-7-22)29-27(34)16-28-31(30(29)35)37-33(36-28)43-25-12-10-24(11-13-25)32(39)40/h2-9,16,24-26H,10-15,17-19H2,1H3,(H,36,37)(H,39,40). The van der Waals surface area contributed by atoms with Crippen LogP contribution in [0, 0.1) is 17.6 Å². The second-order valence-electron chi connectivity index (χ2n) is 11.4. The van der Waals surface area contributed by atoms with Crippen molar-refractivity contribution in [3.63, 3.8) is 0 Å². The molecule has 0 bridgehead atoms. The Morgan fingerprint density at radius 1 is 0.953 bits per heavy atom. The van der Waals surface area contributed by atoms with Crippen molar-refractivity contribution >= 4 is 17.0 Å². The Labute approximate surface area is 248 Å². The van der Waals surface area contributed by atoms with Crippen LogP contribution in [0.3, 0.4) is 0 Å². The molecule has 3 aromatic carbocycles. The van der Waals surface area contributed by atoms with Gasteiger partial charge in [-0.25, -0.2) is 8.78 Å². The number of ether oxygens (including phenoxy) is 3. The lowest BCUT2D eigenvalue weighted by Crippen LogP contribution is -2.51. The number of aliphatic carboxylic acids is 1. The number of imidazole rings is 1. The highest BCUT2D eigenvalue weighted by molar-refractivity contribution is 5.84. The molecule has 0 radical (unpaired) electrons. The number of aromatic amines is 1. The molecule has 10 heteroatoms. The molecule has 0 atom stereocenters. The fourth-order valence-corrected chi connectivity index (χ4v) is 5.91. The van der Waals surface area contributed by atoms with E-state index in [0.717, 1.165) is 30.8 Å². The van der Waals surface area contributed by atoms with Gasteiger partial charge in [-0.15, -0.1) is 0 Å². The molecule has 8 nitrogen and oxygen atoms in total. The number of benzene rings is 3. The summed E-state index contributed by atoms with van der Waals surface area (Å²) >= 11 is 0. The number of H-pyrrole nitrogens is 1. The monoisotopic (exact) mass is 591 g/mol. The van der Waals surface area contributed by atoms with Crippen LogP contribution in [0.1, 0.15) is 31.2 Å². The summed E-state index contributed by atoms with van der Waals surface area (Å²) < 4.78 is 47.4. The van der Waals surface area contributed by atoms with E-state index in [1.54, 1.807) is 19.2 Å². The maximum Gasteiger partial charge on any atom is 0.306 e. The second kappa shape index (κ2) is 12.8. The fourth-order valence-electron chi connectivity index (χ4n) is 5.91. The molecule has 1 aromatic heterocycles. The van der Waals surface area contributed by atoms with Gasteiger partial charge >= 0.3 is 5.97 Å². The van der Waals surface area contributed by atoms with Gasteiger partial charge < -0.3 is 24.3 Å². The summed E-state index contributed by atoms with van der Waals surface area (Å²) in [5, 5.41) is 9.19. The Bertz CT molecular complexity index is 1560. The Kier molecular flexibility index (Phi) is 8.69. The van der Waals surface area contributed by atoms with Gasteiger partial charge in [-0.2, -0.15) is 4.98 Å². The molecule has 0 spiro atoms. The quantitative estimate of drug-likeness (QED) is 0.205. The lowest BCUT2D eigenvalue weighted by molar-refractivity contribution is -0.143. The average molecular weight is 592 g/mol. The predicted molar refractivity (Wildman–Crippen MR) is 158 cm³/mol. The SMILES string of the molecule is COCCOC1CN(Cc2ccc(-c3ccc(-c4c(F)cc5[nH]c(OC6CCC(C(=O)O)CC6)nc5c4F)cc3)cc2)C1. The first-order valence-corrected chi connectivity index (χ1v) is 14.7. The van der Waals surface area contributed by atoms with E-state index in [9.17, 15) is 9.90 Å². The molecule has 0 unspecified atom stereocenters. The number of carbonyl (C=O) groups is 1. The summed E-state index contributed by atoms with van der Waals surface area (Å²) in [5.41, 5.74) is 3.65. The van der Waals surface area contributed by atoms with Gasteiger partial charge in [0.15, 0.2) is 5.82 Å². The van der Waals surface area contributed by atoms with Crippen LogP contribution >= 0.6 is 0 Å². The van der Waals surface area contributed by atoms with Crippen LogP contribution in [-0.4, -0.2) is 71.6 Å². The third-order valence-electron chi connectivity index (χ3n) is 8.38. The molecule has 1 aliphatic carbocycles. The molecule has 1 saturated carbocycles. The zero-order chi connectivity index (χ0) is 29.9. The van der Waals surface area contributed by atoms with Crippen LogP contribution in [0.5, 0.6) is 6.01 Å². The highest BCUT2D eigenvalue weighted by atomic mass is 19.1. The van der Waals surface area contributed by atoms with Crippen molar-refractivity contribution in [2.75, 3.05) is 33.4 Å². The summed E-state index contributed by atoms with van der Waals surface area (Å²) in [6.07, 6.45) is 2.20. The highest BCUT2D eigenvalue weighted by Crippen LogP contribution is 2.34. The molecule has 2 heterocycles. The van der Waals surface area contributed by atoms with Crippen molar-refractivity contribution in [3.05, 3.63) is 71.8 Å². The summed E-state index contributed by atoms with van der Waals surface area (Å²) in [7, 11) is 1.67. The summed E-state index contributed by atoms with van der Waals surface area (Å²) in [5.74, 6) is -2.62. The molecule has 2 N–H and O–H groups in total. The van der Waals surface area contributed by atoms with Gasteiger partial charge in [-0.3, -0.25) is 9.69 Å². The molecular weight excluding hydrogens is 556 g/mol. The number of nitrogens with zero attached hydrogens (tertiary/aromatic N) is 2. The van der Waals surface area contributed by atoms with Crippen LogP contribution in [0.15, 0.2) is 54.6 Å². The van der Waals surface area contributed by atoms with Gasteiger partial charge in [0.1, 0.15) is 17.4 Å². The van der Waals surface area contributed by atoms with E-state index in [-0.39, 0.29) is 40.7 Å². The minimum Gasteiger partial charge on any atom is -0.481 e. The summed E-state index contributed by atoms with van der Waals surface area (Å²) in [6.45, 7) is 3.91. The number of carboxylic acid groups (broad SMARTS) is 1. The summed E-state index contributed by atoms with van der Waals surface area (Å²) in [6, 6.07) is 16.8. The number of halogens is 2. The van der Waals surface area contributed by atoms with Crippen molar-refractivity contribution in [1.29, 1.82) is 0 Å². The molecular formula is C33H35F2N3O5. The molecule has 1 aliphatic heterocycles. The predicted octanol–water partition coefficient (Wildman–Crippen LogP) is 6.04. The van der Waals surface area contributed by atoms with E-state index in [1.165, 1.54) is 11.6 Å². The van der Waals surface area contributed by atoms with E-state index in [2.05, 4.69) is 39.1 Å². The maximum atomic E-state index is 15.6. The van der Waals surface area contributed by atoms with Gasteiger partial charge in [0.2, 0.25) is 0 Å². The molecule has 1 saturated heterocycles. The Morgan fingerprint density at radius 3 is 2.26 bits per heavy atom. The van der Waals surface area contributed by atoms with E-state index in [4.69, 9.17) is 14.2 Å². The van der Waals surface area contributed by atoms with Crippen LogP contribution in [0.2, 0.25) is 0 Å². The zero-order valence-electron chi connectivity index (χ0n) is 24.0. The molecule has 2 aliphatic rings. The van der Waals surface area contributed by atoms with Crippen molar-refractivity contribution in [2.24, 2.45) is 5.92 Å².